The molecule has 1 aliphatic rings. The average Bonchev–Trinajstić information content (AvgIpc) is 3.25. The molecule has 0 saturated carbocycles. The third kappa shape index (κ3) is 2.79. The highest BCUT2D eigenvalue weighted by Crippen LogP contribution is 2.32. The Bertz CT molecular complexity index is 950. The predicted molar refractivity (Wildman–Crippen MR) is 96.4 cm³/mol. The fourth-order valence-electron chi connectivity index (χ4n) is 2.63. The zero-order chi connectivity index (χ0) is 16.7. The lowest BCUT2D eigenvalue weighted by molar-refractivity contribution is 0.102. The number of aromatic nitrogens is 2. The molecule has 1 aromatic carbocycles. The van der Waals surface area contributed by atoms with E-state index in [9.17, 15) is 9.00 Å². The summed E-state index contributed by atoms with van der Waals surface area (Å²) in [6.07, 6.45) is 0. The van der Waals surface area contributed by atoms with Gasteiger partial charge in [0.05, 0.1) is 27.8 Å². The molecule has 1 atom stereocenters. The van der Waals surface area contributed by atoms with Gasteiger partial charge in [-0.05, 0) is 29.6 Å². The van der Waals surface area contributed by atoms with E-state index in [0.717, 1.165) is 16.9 Å². The van der Waals surface area contributed by atoms with E-state index in [-0.39, 0.29) is 5.91 Å². The number of fused-ring (bicyclic) bond motifs is 1. The minimum atomic E-state index is -0.970. The number of hydrogen-bond acceptors (Lipinski definition) is 4. The van der Waals surface area contributed by atoms with Crippen LogP contribution < -0.4 is 5.32 Å². The minimum Gasteiger partial charge on any atom is -0.305 e. The van der Waals surface area contributed by atoms with Crippen LogP contribution in [0.5, 0.6) is 0 Å². The quantitative estimate of drug-likeness (QED) is 0.758. The number of carbonyl (C=O) groups excluding carboxylic acids is 1. The summed E-state index contributed by atoms with van der Waals surface area (Å²) in [5.74, 6) is 1.17. The highest BCUT2D eigenvalue weighted by atomic mass is 35.5. The van der Waals surface area contributed by atoms with E-state index in [1.807, 2.05) is 23.6 Å². The smallest absolute Gasteiger partial charge is 0.266 e. The topological polar surface area (TPSA) is 64.0 Å². The molecule has 1 amide bonds. The minimum absolute atomic E-state index is 0.200. The molecule has 24 heavy (non-hydrogen) atoms. The number of halogens is 1. The van der Waals surface area contributed by atoms with Crippen LogP contribution in [0.4, 0.5) is 5.82 Å². The van der Waals surface area contributed by atoms with Crippen LogP contribution in [0.1, 0.15) is 20.9 Å². The number of amides is 1. The predicted octanol–water partition coefficient (Wildman–Crippen LogP) is 3.60. The molecule has 1 aliphatic heterocycles. The van der Waals surface area contributed by atoms with Gasteiger partial charge in [-0.25, -0.2) is 4.68 Å². The van der Waals surface area contributed by atoms with Crippen molar-refractivity contribution in [2.45, 2.75) is 11.5 Å². The number of benzene rings is 1. The first-order chi connectivity index (χ1) is 11.6. The van der Waals surface area contributed by atoms with Gasteiger partial charge in [0.15, 0.2) is 0 Å². The fraction of sp³-hybridized carbons (Fsp3) is 0.125. The van der Waals surface area contributed by atoms with Gasteiger partial charge in [0.2, 0.25) is 0 Å². The molecule has 1 N–H and O–H groups in total. The number of nitrogens with zero attached hydrogens (tertiary/aromatic N) is 2. The largest absolute Gasteiger partial charge is 0.305 e. The van der Waals surface area contributed by atoms with Crippen molar-refractivity contribution in [3.63, 3.8) is 0 Å². The van der Waals surface area contributed by atoms with Crippen molar-refractivity contribution < 1.29 is 9.00 Å². The van der Waals surface area contributed by atoms with Crippen LogP contribution in [0.15, 0.2) is 41.8 Å². The Morgan fingerprint density at radius 2 is 2.17 bits per heavy atom. The lowest BCUT2D eigenvalue weighted by atomic mass is 10.2. The summed E-state index contributed by atoms with van der Waals surface area (Å²) in [4.78, 5) is 13.1. The van der Waals surface area contributed by atoms with Gasteiger partial charge in [0.25, 0.3) is 5.91 Å². The molecule has 2 aromatic heterocycles. The van der Waals surface area contributed by atoms with E-state index in [4.69, 9.17) is 11.6 Å². The van der Waals surface area contributed by atoms with Crippen LogP contribution in [0.2, 0.25) is 5.02 Å². The molecular weight excluding hydrogens is 366 g/mol. The Morgan fingerprint density at radius 1 is 1.29 bits per heavy atom. The Morgan fingerprint density at radius 3 is 2.92 bits per heavy atom. The van der Waals surface area contributed by atoms with E-state index in [0.29, 0.717) is 27.2 Å². The summed E-state index contributed by atoms with van der Waals surface area (Å²) in [5, 5.41) is 9.90. The summed E-state index contributed by atoms with van der Waals surface area (Å²) in [6, 6.07) is 10.8. The first-order valence-corrected chi connectivity index (χ1v) is 9.93. The maximum atomic E-state index is 12.5. The Kier molecular flexibility index (Phi) is 3.99. The standard InChI is InChI=1S/C16H12ClN3O2S2/c17-10-3-1-4-11(7-10)20-15(12-8-24(22)9-13(12)19-20)18-16(21)14-5-2-6-23-14/h1-7H,8-9H2,(H,18,21)/t24-/m0/s1. The third-order valence-electron chi connectivity index (χ3n) is 3.70. The first kappa shape index (κ1) is 15.6. The van der Waals surface area contributed by atoms with Gasteiger partial charge < -0.3 is 5.32 Å². The monoisotopic (exact) mass is 377 g/mol. The lowest BCUT2D eigenvalue weighted by Gasteiger charge is -2.10. The van der Waals surface area contributed by atoms with Crippen molar-refractivity contribution in [3.05, 3.63) is 62.9 Å². The fourth-order valence-corrected chi connectivity index (χ4v) is 4.70. The van der Waals surface area contributed by atoms with Gasteiger partial charge >= 0.3 is 0 Å². The maximum Gasteiger partial charge on any atom is 0.266 e. The van der Waals surface area contributed by atoms with Gasteiger partial charge in [-0.1, -0.05) is 23.7 Å². The highest BCUT2D eigenvalue weighted by molar-refractivity contribution is 7.83. The van der Waals surface area contributed by atoms with Crippen LogP contribution in [0, 0.1) is 0 Å². The van der Waals surface area contributed by atoms with E-state index in [2.05, 4.69) is 10.4 Å². The number of carbonyl (C=O) groups is 1. The van der Waals surface area contributed by atoms with Crippen molar-refractivity contribution in [1.29, 1.82) is 0 Å². The van der Waals surface area contributed by atoms with Crippen LogP contribution in [0.25, 0.3) is 5.69 Å². The molecular formula is C16H12ClN3O2S2. The van der Waals surface area contributed by atoms with Crippen LogP contribution in [-0.2, 0) is 22.3 Å². The molecule has 0 bridgehead atoms. The van der Waals surface area contributed by atoms with Gasteiger partial charge in [-0.15, -0.1) is 11.3 Å². The first-order valence-electron chi connectivity index (χ1n) is 7.18. The Balaban J connectivity index is 1.79. The molecule has 0 aliphatic carbocycles. The molecule has 8 heteroatoms. The second-order valence-electron chi connectivity index (χ2n) is 5.33. The number of thiophene rings is 1. The maximum absolute atomic E-state index is 12.5. The number of anilines is 1. The summed E-state index contributed by atoms with van der Waals surface area (Å²) < 4.78 is 13.5. The van der Waals surface area contributed by atoms with E-state index in [1.54, 1.807) is 22.9 Å². The van der Waals surface area contributed by atoms with Crippen LogP contribution >= 0.6 is 22.9 Å². The van der Waals surface area contributed by atoms with Gasteiger partial charge in [0, 0.05) is 21.4 Å². The Hall–Kier alpha value is -1.96. The summed E-state index contributed by atoms with van der Waals surface area (Å²) in [5.41, 5.74) is 2.34. The van der Waals surface area contributed by atoms with Crippen molar-refractivity contribution in [2.75, 3.05) is 5.32 Å². The van der Waals surface area contributed by atoms with Crippen molar-refractivity contribution in [2.24, 2.45) is 0 Å². The molecule has 0 fully saturated rings. The normalized spacial score (nSPS) is 16.1. The van der Waals surface area contributed by atoms with Gasteiger partial charge in [0.1, 0.15) is 5.82 Å². The SMILES string of the molecule is O=C(Nc1c2c(nn1-c1cccc(Cl)c1)C[S@@](=O)C2)c1cccs1. The second kappa shape index (κ2) is 6.16. The molecule has 0 spiro atoms. The Labute approximate surface area is 149 Å². The molecule has 4 rings (SSSR count). The number of hydrogen-bond donors (Lipinski definition) is 1. The van der Waals surface area contributed by atoms with E-state index >= 15 is 0 Å². The summed E-state index contributed by atoms with van der Waals surface area (Å²) in [6.45, 7) is 0. The molecule has 3 heterocycles. The molecule has 122 valence electrons. The zero-order valence-electron chi connectivity index (χ0n) is 12.4. The second-order valence-corrected chi connectivity index (χ2v) is 8.17. The van der Waals surface area contributed by atoms with Crippen molar-refractivity contribution >= 4 is 45.5 Å². The lowest BCUT2D eigenvalue weighted by Crippen LogP contribution is -2.15. The molecule has 0 unspecified atom stereocenters. The van der Waals surface area contributed by atoms with Crippen LogP contribution in [-0.4, -0.2) is 19.9 Å². The van der Waals surface area contributed by atoms with Crippen molar-refractivity contribution in [1.82, 2.24) is 9.78 Å². The van der Waals surface area contributed by atoms with Crippen molar-refractivity contribution in [3.8, 4) is 5.69 Å². The molecule has 0 saturated heterocycles. The van der Waals surface area contributed by atoms with E-state index in [1.165, 1.54) is 11.3 Å². The molecule has 0 radical (unpaired) electrons. The average molecular weight is 378 g/mol. The summed E-state index contributed by atoms with van der Waals surface area (Å²) >= 11 is 7.44. The van der Waals surface area contributed by atoms with E-state index < -0.39 is 10.8 Å². The highest BCUT2D eigenvalue weighted by Gasteiger charge is 2.28. The van der Waals surface area contributed by atoms with Gasteiger partial charge in [-0.3, -0.25) is 9.00 Å². The number of nitrogens with one attached hydrogen (secondary N) is 1. The number of rotatable bonds is 3. The zero-order valence-corrected chi connectivity index (χ0v) is 14.7. The van der Waals surface area contributed by atoms with Crippen LogP contribution in [0.3, 0.4) is 0 Å². The van der Waals surface area contributed by atoms with Gasteiger partial charge in [-0.2, -0.15) is 5.10 Å². The third-order valence-corrected chi connectivity index (χ3v) is 6.01. The molecule has 3 aromatic rings. The summed E-state index contributed by atoms with van der Waals surface area (Å²) in [7, 11) is -0.970. The molecule has 5 nitrogen and oxygen atoms in total.